The maximum atomic E-state index is 6.07. The number of anilines is 1. The minimum Gasteiger partial charge on any atom is -0.350 e. The van der Waals surface area contributed by atoms with Crippen LogP contribution in [0.5, 0.6) is 0 Å². The Hall–Kier alpha value is -3.18. The van der Waals surface area contributed by atoms with Crippen molar-refractivity contribution in [3.63, 3.8) is 0 Å². The van der Waals surface area contributed by atoms with Gasteiger partial charge in [0.05, 0.1) is 11.3 Å². The van der Waals surface area contributed by atoms with Crippen LogP contribution in [0.2, 0.25) is 5.02 Å². The van der Waals surface area contributed by atoms with Gasteiger partial charge in [-0.15, -0.1) is 0 Å². The zero-order valence-corrected chi connectivity index (χ0v) is 16.5. The summed E-state index contributed by atoms with van der Waals surface area (Å²) in [5.41, 5.74) is 5.10. The molecule has 4 rings (SSSR count). The highest BCUT2D eigenvalue weighted by molar-refractivity contribution is 6.30. The molecule has 0 fully saturated rings. The van der Waals surface area contributed by atoms with Crippen molar-refractivity contribution in [3.8, 4) is 22.6 Å². The highest BCUT2D eigenvalue weighted by Crippen LogP contribution is 2.30. The molecule has 1 N–H and O–H groups in total. The van der Waals surface area contributed by atoms with Crippen LogP contribution >= 0.6 is 11.6 Å². The molecule has 0 aliphatic carbocycles. The number of nitrogens with one attached hydrogen (secondary N) is 1. The molecule has 0 amide bonds. The standard InChI is InChI=1S/C22H20ClN5/c1-15-5-3-4-6-17(15)13-25-22-26-14-19(21-24-11-12-28(21)2)20(27-22)16-7-9-18(23)10-8-16/h3-12,14H,13H2,1-2H3,(H,25,26,27). The van der Waals surface area contributed by atoms with E-state index in [4.69, 9.17) is 16.6 Å². The number of aryl methyl sites for hydroxylation is 2. The monoisotopic (exact) mass is 389 g/mol. The van der Waals surface area contributed by atoms with E-state index in [0.717, 1.165) is 22.6 Å². The number of benzene rings is 2. The van der Waals surface area contributed by atoms with Gasteiger partial charge in [-0.2, -0.15) is 0 Å². The third-order valence-corrected chi connectivity index (χ3v) is 4.92. The molecule has 2 aromatic carbocycles. The normalized spacial score (nSPS) is 10.8. The Morgan fingerprint density at radius 3 is 2.54 bits per heavy atom. The van der Waals surface area contributed by atoms with Gasteiger partial charge in [-0.1, -0.05) is 48.0 Å². The lowest BCUT2D eigenvalue weighted by molar-refractivity contribution is 0.921. The number of rotatable bonds is 5. The van der Waals surface area contributed by atoms with Crippen LogP contribution in [-0.2, 0) is 13.6 Å². The number of hydrogen-bond donors (Lipinski definition) is 1. The Bertz CT molecular complexity index is 1100. The molecule has 2 heterocycles. The summed E-state index contributed by atoms with van der Waals surface area (Å²) in [7, 11) is 1.96. The Kier molecular flexibility index (Phi) is 5.08. The third-order valence-electron chi connectivity index (χ3n) is 4.67. The summed E-state index contributed by atoms with van der Waals surface area (Å²) in [5.74, 6) is 1.39. The summed E-state index contributed by atoms with van der Waals surface area (Å²) in [6.45, 7) is 2.76. The van der Waals surface area contributed by atoms with Crippen LogP contribution in [0.1, 0.15) is 11.1 Å². The van der Waals surface area contributed by atoms with Crippen LogP contribution in [0.3, 0.4) is 0 Å². The molecule has 0 aliphatic heterocycles. The molecular weight excluding hydrogens is 370 g/mol. The van der Waals surface area contributed by atoms with E-state index in [0.29, 0.717) is 17.5 Å². The minimum atomic E-state index is 0.575. The van der Waals surface area contributed by atoms with Gasteiger partial charge < -0.3 is 9.88 Å². The van der Waals surface area contributed by atoms with Gasteiger partial charge in [-0.3, -0.25) is 0 Å². The predicted octanol–water partition coefficient (Wildman–Crippen LogP) is 5.12. The van der Waals surface area contributed by atoms with Gasteiger partial charge in [-0.25, -0.2) is 15.0 Å². The maximum absolute atomic E-state index is 6.07. The van der Waals surface area contributed by atoms with E-state index in [2.05, 4.69) is 34.3 Å². The second kappa shape index (κ2) is 7.82. The summed E-state index contributed by atoms with van der Waals surface area (Å²) in [5, 5.41) is 4.02. The first-order chi connectivity index (χ1) is 13.6. The molecule has 5 nitrogen and oxygen atoms in total. The van der Waals surface area contributed by atoms with Gasteiger partial charge >= 0.3 is 0 Å². The molecular formula is C22H20ClN5. The van der Waals surface area contributed by atoms with Crippen molar-refractivity contribution in [1.29, 1.82) is 0 Å². The van der Waals surface area contributed by atoms with Crippen molar-refractivity contribution in [1.82, 2.24) is 19.5 Å². The van der Waals surface area contributed by atoms with Crippen LogP contribution in [0.15, 0.2) is 67.1 Å². The molecule has 0 spiro atoms. The Morgan fingerprint density at radius 2 is 1.82 bits per heavy atom. The molecule has 28 heavy (non-hydrogen) atoms. The van der Waals surface area contributed by atoms with Crippen LogP contribution in [-0.4, -0.2) is 19.5 Å². The van der Waals surface area contributed by atoms with Crippen LogP contribution in [0.25, 0.3) is 22.6 Å². The smallest absolute Gasteiger partial charge is 0.223 e. The molecule has 0 saturated heterocycles. The fourth-order valence-corrected chi connectivity index (χ4v) is 3.19. The number of nitrogens with zero attached hydrogens (tertiary/aromatic N) is 4. The van der Waals surface area contributed by atoms with Crippen molar-refractivity contribution < 1.29 is 0 Å². The second-order valence-electron chi connectivity index (χ2n) is 6.60. The van der Waals surface area contributed by atoms with E-state index in [-0.39, 0.29) is 0 Å². The van der Waals surface area contributed by atoms with Crippen molar-refractivity contribution in [3.05, 3.63) is 83.3 Å². The van der Waals surface area contributed by atoms with E-state index >= 15 is 0 Å². The van der Waals surface area contributed by atoms with E-state index < -0.39 is 0 Å². The lowest BCUT2D eigenvalue weighted by atomic mass is 10.1. The second-order valence-corrected chi connectivity index (χ2v) is 7.04. The van der Waals surface area contributed by atoms with E-state index in [1.165, 1.54) is 11.1 Å². The average Bonchev–Trinajstić information content (AvgIpc) is 3.13. The SMILES string of the molecule is Cc1ccccc1CNc1ncc(-c2nccn2C)c(-c2ccc(Cl)cc2)n1. The first kappa shape index (κ1) is 18.2. The summed E-state index contributed by atoms with van der Waals surface area (Å²) in [6, 6.07) is 15.9. The Balaban J connectivity index is 1.72. The first-order valence-corrected chi connectivity index (χ1v) is 9.38. The molecule has 140 valence electrons. The molecule has 0 saturated carbocycles. The van der Waals surface area contributed by atoms with Crippen LogP contribution in [0.4, 0.5) is 5.95 Å². The van der Waals surface area contributed by atoms with Crippen molar-refractivity contribution >= 4 is 17.5 Å². The zero-order valence-electron chi connectivity index (χ0n) is 15.7. The number of halogens is 1. The fraction of sp³-hybridized carbons (Fsp3) is 0.136. The van der Waals surface area contributed by atoms with Gasteiger partial charge in [0, 0.05) is 42.8 Å². The van der Waals surface area contributed by atoms with Gasteiger partial charge in [0.25, 0.3) is 0 Å². The molecule has 0 aliphatic rings. The van der Waals surface area contributed by atoms with Gasteiger partial charge in [0.1, 0.15) is 5.82 Å². The number of aromatic nitrogens is 4. The summed E-state index contributed by atoms with van der Waals surface area (Å²) >= 11 is 6.07. The number of hydrogen-bond acceptors (Lipinski definition) is 4. The summed E-state index contributed by atoms with van der Waals surface area (Å²) < 4.78 is 1.96. The molecule has 0 radical (unpaired) electrons. The van der Waals surface area contributed by atoms with Crippen molar-refractivity contribution in [2.75, 3.05) is 5.32 Å². The van der Waals surface area contributed by atoms with Crippen molar-refractivity contribution in [2.45, 2.75) is 13.5 Å². The Labute approximate surface area is 169 Å². The minimum absolute atomic E-state index is 0.575. The van der Waals surface area contributed by atoms with Gasteiger partial charge in [0.15, 0.2) is 0 Å². The van der Waals surface area contributed by atoms with Crippen molar-refractivity contribution in [2.24, 2.45) is 7.05 Å². The highest BCUT2D eigenvalue weighted by Gasteiger charge is 2.15. The molecule has 0 unspecified atom stereocenters. The van der Waals surface area contributed by atoms with Gasteiger partial charge in [-0.05, 0) is 30.2 Å². The van der Waals surface area contributed by atoms with E-state index in [1.807, 2.05) is 60.4 Å². The topological polar surface area (TPSA) is 55.6 Å². The fourth-order valence-electron chi connectivity index (χ4n) is 3.07. The average molecular weight is 390 g/mol. The van der Waals surface area contributed by atoms with E-state index in [1.54, 1.807) is 6.20 Å². The highest BCUT2D eigenvalue weighted by atomic mass is 35.5. The van der Waals surface area contributed by atoms with Crippen LogP contribution < -0.4 is 5.32 Å². The molecule has 4 aromatic rings. The maximum Gasteiger partial charge on any atom is 0.223 e. The lowest BCUT2D eigenvalue weighted by Gasteiger charge is -2.12. The molecule has 6 heteroatoms. The quantitative estimate of drug-likeness (QED) is 0.514. The number of imidazole rings is 1. The van der Waals surface area contributed by atoms with Gasteiger partial charge in [0.2, 0.25) is 5.95 Å². The Morgan fingerprint density at radius 1 is 1.04 bits per heavy atom. The largest absolute Gasteiger partial charge is 0.350 e. The molecule has 0 atom stereocenters. The predicted molar refractivity (Wildman–Crippen MR) is 113 cm³/mol. The van der Waals surface area contributed by atoms with E-state index in [9.17, 15) is 0 Å². The summed E-state index contributed by atoms with van der Waals surface area (Å²) in [6.07, 6.45) is 5.50. The summed E-state index contributed by atoms with van der Waals surface area (Å²) in [4.78, 5) is 13.8. The molecule has 2 aromatic heterocycles. The zero-order chi connectivity index (χ0) is 19.5. The van der Waals surface area contributed by atoms with Crippen LogP contribution in [0, 0.1) is 6.92 Å². The first-order valence-electron chi connectivity index (χ1n) is 9.01. The molecule has 0 bridgehead atoms. The third kappa shape index (κ3) is 3.75. The lowest BCUT2D eigenvalue weighted by Crippen LogP contribution is -2.06.